The van der Waals surface area contributed by atoms with Crippen LogP contribution in [0.5, 0.6) is 0 Å². The highest BCUT2D eigenvalue weighted by molar-refractivity contribution is 8.15. The molecular weight excluding hydrogens is 268 g/mol. The van der Waals surface area contributed by atoms with E-state index in [9.17, 15) is 9.59 Å². The van der Waals surface area contributed by atoms with Crippen LogP contribution in [0.2, 0.25) is 0 Å². The second-order valence-corrected chi connectivity index (χ2v) is 8.96. The van der Waals surface area contributed by atoms with Crippen LogP contribution in [0.25, 0.3) is 0 Å². The maximum atomic E-state index is 11.7. The Morgan fingerprint density at radius 3 is 2.39 bits per heavy atom. The van der Waals surface area contributed by atoms with Crippen LogP contribution in [0.1, 0.15) is 33.6 Å². The Hall–Kier alpha value is -0.160. The first-order chi connectivity index (χ1) is 8.39. The van der Waals surface area contributed by atoms with Gasteiger partial charge in [-0.05, 0) is 44.5 Å². The lowest BCUT2D eigenvalue weighted by molar-refractivity contribution is -0.152. The molecule has 104 valence electrons. The predicted octanol–water partition coefficient (Wildman–Crippen LogP) is 2.25. The van der Waals surface area contributed by atoms with Gasteiger partial charge in [0.2, 0.25) is 5.12 Å². The number of carbonyl (C=O) groups is 2. The number of carbonyl (C=O) groups excluding carboxylic acids is 2. The largest absolute Gasteiger partial charge is 0.464 e. The van der Waals surface area contributed by atoms with Crippen molar-refractivity contribution < 1.29 is 14.3 Å². The van der Waals surface area contributed by atoms with Gasteiger partial charge >= 0.3 is 5.97 Å². The Morgan fingerprint density at radius 2 is 1.83 bits per heavy atom. The number of thioether (sulfide) groups is 1. The maximum Gasteiger partial charge on any atom is 0.311 e. The van der Waals surface area contributed by atoms with Gasteiger partial charge in [-0.1, -0.05) is 11.8 Å². The van der Waals surface area contributed by atoms with Gasteiger partial charge in [-0.25, -0.2) is 0 Å². The molecule has 0 bridgehead atoms. The van der Waals surface area contributed by atoms with E-state index in [1.165, 1.54) is 36.1 Å². The summed E-state index contributed by atoms with van der Waals surface area (Å²) in [6.07, 6.45) is 2.56. The number of rotatable bonds is 5. The van der Waals surface area contributed by atoms with E-state index in [4.69, 9.17) is 4.74 Å². The van der Waals surface area contributed by atoms with E-state index in [-0.39, 0.29) is 11.1 Å². The molecule has 0 radical (unpaired) electrons. The molecule has 1 fully saturated rings. The SMILES string of the molecule is CC(C)(C)C(=O)OCCSC(=O)C[S+]1CCCC1. The fourth-order valence-electron chi connectivity index (χ4n) is 1.57. The van der Waals surface area contributed by atoms with Crippen LogP contribution >= 0.6 is 11.8 Å². The topological polar surface area (TPSA) is 43.4 Å². The molecule has 0 spiro atoms. The molecule has 0 aliphatic carbocycles. The quantitative estimate of drug-likeness (QED) is 0.443. The molecule has 1 aliphatic heterocycles. The van der Waals surface area contributed by atoms with Crippen molar-refractivity contribution in [2.75, 3.05) is 29.6 Å². The van der Waals surface area contributed by atoms with Crippen molar-refractivity contribution in [2.24, 2.45) is 5.41 Å². The third kappa shape index (κ3) is 6.14. The van der Waals surface area contributed by atoms with Crippen molar-refractivity contribution in [2.45, 2.75) is 33.6 Å². The number of esters is 1. The summed E-state index contributed by atoms with van der Waals surface area (Å²) in [6, 6.07) is 0. The molecule has 0 N–H and O–H groups in total. The van der Waals surface area contributed by atoms with Crippen LogP contribution < -0.4 is 0 Å². The molecule has 0 amide bonds. The Labute approximate surface area is 117 Å². The number of hydrogen-bond donors (Lipinski definition) is 0. The van der Waals surface area contributed by atoms with Crippen LogP contribution in [-0.2, 0) is 25.2 Å². The third-order valence-electron chi connectivity index (χ3n) is 2.63. The highest BCUT2D eigenvalue weighted by Gasteiger charge is 2.27. The van der Waals surface area contributed by atoms with Crippen LogP contribution in [0.15, 0.2) is 0 Å². The molecule has 1 saturated heterocycles. The molecule has 1 aliphatic rings. The highest BCUT2D eigenvalue weighted by Crippen LogP contribution is 2.17. The summed E-state index contributed by atoms with van der Waals surface area (Å²) in [5, 5.41) is 0.257. The van der Waals surface area contributed by atoms with E-state index >= 15 is 0 Å². The smallest absolute Gasteiger partial charge is 0.311 e. The van der Waals surface area contributed by atoms with Gasteiger partial charge in [-0.2, -0.15) is 0 Å². The lowest BCUT2D eigenvalue weighted by Crippen LogP contribution is -2.24. The molecule has 0 unspecified atom stereocenters. The van der Waals surface area contributed by atoms with Gasteiger partial charge in [-0.15, -0.1) is 0 Å². The number of ether oxygens (including phenoxy) is 1. The average Bonchev–Trinajstić information content (AvgIpc) is 2.75. The fraction of sp³-hybridized carbons (Fsp3) is 0.846. The minimum Gasteiger partial charge on any atom is -0.464 e. The lowest BCUT2D eigenvalue weighted by Gasteiger charge is -2.16. The Kier molecular flexibility index (Phi) is 6.57. The first-order valence-corrected chi connectivity index (χ1v) is 9.08. The molecule has 0 aromatic heterocycles. The Bertz CT molecular complexity index is 291. The molecule has 3 nitrogen and oxygen atoms in total. The second kappa shape index (κ2) is 7.43. The summed E-state index contributed by atoms with van der Waals surface area (Å²) < 4.78 is 5.12. The standard InChI is InChI=1S/C13H23O3S2/c1-13(2,3)12(15)16-6-7-17-11(14)10-18-8-4-5-9-18/h4-10H2,1-3H3/q+1. The van der Waals surface area contributed by atoms with Gasteiger partial charge < -0.3 is 4.74 Å². The molecule has 18 heavy (non-hydrogen) atoms. The summed E-state index contributed by atoms with van der Waals surface area (Å²) in [4.78, 5) is 23.1. The first kappa shape index (κ1) is 15.9. The third-order valence-corrected chi connectivity index (χ3v) is 6.05. The van der Waals surface area contributed by atoms with E-state index in [0.717, 1.165) is 5.75 Å². The van der Waals surface area contributed by atoms with Crippen molar-refractivity contribution in [3.05, 3.63) is 0 Å². The van der Waals surface area contributed by atoms with Crippen molar-refractivity contribution in [3.8, 4) is 0 Å². The molecular formula is C13H23O3S2+. The van der Waals surface area contributed by atoms with E-state index in [1.807, 2.05) is 20.8 Å². The van der Waals surface area contributed by atoms with Crippen molar-refractivity contribution >= 4 is 33.7 Å². The molecule has 0 aromatic carbocycles. The van der Waals surface area contributed by atoms with Crippen LogP contribution in [-0.4, -0.2) is 40.7 Å². The summed E-state index contributed by atoms with van der Waals surface area (Å²) >= 11 is 1.31. The van der Waals surface area contributed by atoms with E-state index in [2.05, 4.69) is 0 Å². The molecule has 0 saturated carbocycles. The molecule has 5 heteroatoms. The zero-order chi connectivity index (χ0) is 13.6. The first-order valence-electron chi connectivity index (χ1n) is 6.36. The summed E-state index contributed by atoms with van der Waals surface area (Å²) in [5.74, 6) is 3.56. The van der Waals surface area contributed by atoms with Gasteiger partial charge in [0.1, 0.15) is 18.1 Å². The second-order valence-electron chi connectivity index (χ2n) is 5.48. The van der Waals surface area contributed by atoms with Gasteiger partial charge in [-0.3, -0.25) is 9.59 Å². The normalized spacial score (nSPS) is 16.8. The zero-order valence-electron chi connectivity index (χ0n) is 11.5. The molecule has 1 heterocycles. The van der Waals surface area contributed by atoms with E-state index < -0.39 is 5.41 Å². The van der Waals surface area contributed by atoms with Crippen LogP contribution in [0.4, 0.5) is 0 Å². The zero-order valence-corrected chi connectivity index (χ0v) is 13.1. The van der Waals surface area contributed by atoms with Gasteiger partial charge in [0.05, 0.1) is 5.41 Å². The van der Waals surface area contributed by atoms with Gasteiger partial charge in [0, 0.05) is 5.75 Å². The predicted molar refractivity (Wildman–Crippen MR) is 79.1 cm³/mol. The van der Waals surface area contributed by atoms with Crippen molar-refractivity contribution in [1.82, 2.24) is 0 Å². The summed E-state index contributed by atoms with van der Waals surface area (Å²) in [6.45, 7) is 5.82. The van der Waals surface area contributed by atoms with E-state index in [0.29, 0.717) is 23.3 Å². The fourth-order valence-corrected chi connectivity index (χ4v) is 4.85. The van der Waals surface area contributed by atoms with Crippen LogP contribution in [0.3, 0.4) is 0 Å². The van der Waals surface area contributed by atoms with E-state index in [1.54, 1.807) is 0 Å². The molecule has 0 atom stereocenters. The maximum absolute atomic E-state index is 11.7. The lowest BCUT2D eigenvalue weighted by atomic mass is 9.97. The highest BCUT2D eigenvalue weighted by atomic mass is 32.2. The minimum absolute atomic E-state index is 0.201. The number of hydrogen-bond acceptors (Lipinski definition) is 4. The minimum atomic E-state index is -0.458. The summed E-state index contributed by atoms with van der Waals surface area (Å²) in [5.41, 5.74) is -0.458. The Morgan fingerprint density at radius 1 is 1.22 bits per heavy atom. The monoisotopic (exact) mass is 291 g/mol. The van der Waals surface area contributed by atoms with Crippen LogP contribution in [0, 0.1) is 5.41 Å². The Balaban J connectivity index is 2.07. The summed E-state index contributed by atoms with van der Waals surface area (Å²) in [7, 11) is 0.336. The average molecular weight is 291 g/mol. The molecule has 0 aromatic rings. The van der Waals surface area contributed by atoms with Gasteiger partial charge in [0.25, 0.3) is 0 Å². The van der Waals surface area contributed by atoms with Gasteiger partial charge in [0.15, 0.2) is 5.75 Å². The molecule has 1 rings (SSSR count). The van der Waals surface area contributed by atoms with Crippen molar-refractivity contribution in [3.63, 3.8) is 0 Å². The van der Waals surface area contributed by atoms with Crippen molar-refractivity contribution in [1.29, 1.82) is 0 Å².